The van der Waals surface area contributed by atoms with E-state index >= 15 is 0 Å². The Hall–Kier alpha value is -2.21. The lowest BCUT2D eigenvalue weighted by Gasteiger charge is -2.33. The Morgan fingerprint density at radius 2 is 1.89 bits per heavy atom. The molecule has 4 rings (SSSR count). The monoisotopic (exact) mass is 426 g/mol. The number of hydrogen-bond donors (Lipinski definition) is 0. The summed E-state index contributed by atoms with van der Waals surface area (Å²) in [6, 6.07) is 6.41. The first kappa shape index (κ1) is 19.1. The Balaban J connectivity index is 1.38. The number of halogens is 2. The molecule has 11 heteroatoms. The van der Waals surface area contributed by atoms with Crippen molar-refractivity contribution in [1.29, 1.82) is 0 Å². The third-order valence-corrected chi connectivity index (χ3v) is 7.19. The molecular formula is C17H16F2N4O3S2. The molecule has 2 aromatic heterocycles. The molecule has 0 saturated carbocycles. The first-order valence-electron chi connectivity index (χ1n) is 8.47. The van der Waals surface area contributed by atoms with Crippen LogP contribution in [0.3, 0.4) is 0 Å². The lowest BCUT2D eigenvalue weighted by molar-refractivity contribution is 0.163. The quantitative estimate of drug-likeness (QED) is 0.624. The lowest BCUT2D eigenvalue weighted by Crippen LogP contribution is -2.48. The predicted octanol–water partition coefficient (Wildman–Crippen LogP) is 2.58. The number of thiophene rings is 1. The maximum absolute atomic E-state index is 13.4. The van der Waals surface area contributed by atoms with Gasteiger partial charge in [0.05, 0.1) is 16.3 Å². The van der Waals surface area contributed by atoms with Crippen LogP contribution >= 0.6 is 11.3 Å². The van der Waals surface area contributed by atoms with Gasteiger partial charge in [0.15, 0.2) is 11.6 Å². The van der Waals surface area contributed by atoms with Crippen molar-refractivity contribution in [2.75, 3.05) is 26.2 Å². The van der Waals surface area contributed by atoms with E-state index in [0.717, 1.165) is 17.0 Å². The average molecular weight is 426 g/mol. The maximum atomic E-state index is 13.4. The molecule has 1 aliphatic heterocycles. The van der Waals surface area contributed by atoms with Crippen LogP contribution in [0.5, 0.6) is 0 Å². The molecule has 0 aliphatic carbocycles. The minimum absolute atomic E-state index is 0.229. The van der Waals surface area contributed by atoms with Gasteiger partial charge in [0.2, 0.25) is 21.7 Å². The fraction of sp³-hybridized carbons (Fsp3) is 0.294. The van der Waals surface area contributed by atoms with Gasteiger partial charge in [-0.15, -0.1) is 11.3 Å². The predicted molar refractivity (Wildman–Crippen MR) is 98.0 cm³/mol. The standard InChI is InChI=1S/C17H16F2N4O3S2/c18-13-4-3-12(10-14(13)19)28(24,25)23-7-5-22(6-8-23)11-16-20-17(21-26-16)15-2-1-9-27-15/h1-4,9-10H,5-8,11H2. The van der Waals surface area contributed by atoms with Crippen molar-refractivity contribution < 1.29 is 21.7 Å². The number of rotatable bonds is 5. The first-order valence-corrected chi connectivity index (χ1v) is 10.8. The van der Waals surface area contributed by atoms with Crippen molar-refractivity contribution in [3.05, 3.63) is 53.2 Å². The summed E-state index contributed by atoms with van der Waals surface area (Å²) in [5, 5.41) is 5.89. The molecule has 148 valence electrons. The average Bonchev–Trinajstić information content (AvgIpc) is 3.36. The number of nitrogens with zero attached hydrogens (tertiary/aromatic N) is 4. The van der Waals surface area contributed by atoms with Gasteiger partial charge in [-0.3, -0.25) is 4.90 Å². The van der Waals surface area contributed by atoms with E-state index in [1.165, 1.54) is 15.6 Å². The summed E-state index contributed by atoms with van der Waals surface area (Å²) in [5.41, 5.74) is 0. The molecule has 1 fully saturated rings. The third-order valence-electron chi connectivity index (χ3n) is 4.43. The normalized spacial score (nSPS) is 16.5. The molecule has 7 nitrogen and oxygen atoms in total. The van der Waals surface area contributed by atoms with E-state index in [1.54, 1.807) is 0 Å². The summed E-state index contributed by atoms with van der Waals surface area (Å²) < 4.78 is 58.3. The van der Waals surface area contributed by atoms with Crippen LogP contribution in [0.25, 0.3) is 10.7 Å². The molecule has 0 N–H and O–H groups in total. The molecule has 28 heavy (non-hydrogen) atoms. The molecular weight excluding hydrogens is 410 g/mol. The Morgan fingerprint density at radius 1 is 1.11 bits per heavy atom. The van der Waals surface area contributed by atoms with Gasteiger partial charge in [-0.2, -0.15) is 9.29 Å². The smallest absolute Gasteiger partial charge is 0.243 e. The van der Waals surface area contributed by atoms with Crippen molar-refractivity contribution in [2.24, 2.45) is 0 Å². The van der Waals surface area contributed by atoms with Gasteiger partial charge in [0.1, 0.15) is 0 Å². The summed E-state index contributed by atoms with van der Waals surface area (Å²) in [6.07, 6.45) is 0. The Morgan fingerprint density at radius 3 is 2.57 bits per heavy atom. The second kappa shape index (κ2) is 7.66. The van der Waals surface area contributed by atoms with Gasteiger partial charge >= 0.3 is 0 Å². The van der Waals surface area contributed by atoms with Gasteiger partial charge in [-0.25, -0.2) is 17.2 Å². The van der Waals surface area contributed by atoms with Crippen molar-refractivity contribution >= 4 is 21.4 Å². The molecule has 0 bridgehead atoms. The number of hydrogen-bond acceptors (Lipinski definition) is 7. The Kier molecular flexibility index (Phi) is 5.23. The highest BCUT2D eigenvalue weighted by Crippen LogP contribution is 2.23. The van der Waals surface area contributed by atoms with Crippen LogP contribution in [-0.2, 0) is 16.6 Å². The van der Waals surface area contributed by atoms with Gasteiger partial charge in [-0.05, 0) is 29.6 Å². The van der Waals surface area contributed by atoms with Crippen LogP contribution in [0.1, 0.15) is 5.89 Å². The summed E-state index contributed by atoms with van der Waals surface area (Å²) in [7, 11) is -3.87. The van der Waals surface area contributed by atoms with Gasteiger partial charge in [0, 0.05) is 26.2 Å². The summed E-state index contributed by atoms with van der Waals surface area (Å²) >= 11 is 1.52. The highest BCUT2D eigenvalue weighted by molar-refractivity contribution is 7.89. The molecule has 3 heterocycles. The highest BCUT2D eigenvalue weighted by Gasteiger charge is 2.29. The van der Waals surface area contributed by atoms with E-state index in [2.05, 4.69) is 10.1 Å². The van der Waals surface area contributed by atoms with Crippen LogP contribution in [0.15, 0.2) is 45.1 Å². The zero-order valence-corrected chi connectivity index (χ0v) is 16.2. The largest absolute Gasteiger partial charge is 0.338 e. The molecule has 0 spiro atoms. The molecule has 1 saturated heterocycles. The minimum Gasteiger partial charge on any atom is -0.338 e. The van der Waals surface area contributed by atoms with E-state index in [4.69, 9.17) is 4.52 Å². The molecule has 1 aliphatic rings. The zero-order chi connectivity index (χ0) is 19.7. The maximum Gasteiger partial charge on any atom is 0.243 e. The van der Waals surface area contributed by atoms with Crippen molar-refractivity contribution in [3.63, 3.8) is 0 Å². The van der Waals surface area contributed by atoms with Crippen LogP contribution in [0.4, 0.5) is 8.78 Å². The fourth-order valence-electron chi connectivity index (χ4n) is 2.93. The molecule has 3 aromatic rings. The molecule has 0 unspecified atom stereocenters. The fourth-order valence-corrected chi connectivity index (χ4v) is 5.01. The number of piperazine rings is 1. The van der Waals surface area contributed by atoms with E-state index < -0.39 is 21.7 Å². The van der Waals surface area contributed by atoms with Crippen LogP contribution in [0.2, 0.25) is 0 Å². The summed E-state index contributed by atoms with van der Waals surface area (Å²) in [6.45, 7) is 1.79. The summed E-state index contributed by atoms with van der Waals surface area (Å²) in [4.78, 5) is 7.03. The van der Waals surface area contributed by atoms with Gasteiger partial charge in [0.25, 0.3) is 0 Å². The van der Waals surface area contributed by atoms with Gasteiger partial charge < -0.3 is 4.52 Å². The molecule has 0 amide bonds. The Bertz CT molecular complexity index is 1060. The van der Waals surface area contributed by atoms with E-state index in [1.807, 2.05) is 22.4 Å². The topological polar surface area (TPSA) is 79.5 Å². The lowest BCUT2D eigenvalue weighted by atomic mass is 10.3. The minimum atomic E-state index is -3.87. The van der Waals surface area contributed by atoms with Crippen LogP contribution < -0.4 is 0 Å². The summed E-state index contributed by atoms with van der Waals surface area (Å²) in [5.74, 6) is -1.27. The van der Waals surface area contributed by atoms with Crippen molar-refractivity contribution in [1.82, 2.24) is 19.3 Å². The molecule has 0 atom stereocenters. The van der Waals surface area contributed by atoms with E-state index in [9.17, 15) is 17.2 Å². The third kappa shape index (κ3) is 3.83. The second-order valence-corrected chi connectivity index (χ2v) is 9.13. The number of sulfonamides is 1. The van der Waals surface area contributed by atoms with Crippen molar-refractivity contribution in [2.45, 2.75) is 11.4 Å². The SMILES string of the molecule is O=S(=O)(c1ccc(F)c(F)c1)N1CCN(Cc2nc(-c3cccs3)no2)CC1. The van der Waals surface area contributed by atoms with Crippen LogP contribution in [0, 0.1) is 11.6 Å². The number of benzene rings is 1. The zero-order valence-electron chi connectivity index (χ0n) is 14.6. The number of aromatic nitrogens is 2. The van der Waals surface area contributed by atoms with Crippen LogP contribution in [-0.4, -0.2) is 53.9 Å². The first-order chi connectivity index (χ1) is 13.4. The van der Waals surface area contributed by atoms with E-state index in [-0.39, 0.29) is 18.0 Å². The Labute approximate surface area is 164 Å². The molecule has 1 aromatic carbocycles. The van der Waals surface area contributed by atoms with E-state index in [0.29, 0.717) is 37.4 Å². The second-order valence-electron chi connectivity index (χ2n) is 6.25. The molecule has 0 radical (unpaired) electrons. The van der Waals surface area contributed by atoms with Crippen molar-refractivity contribution in [3.8, 4) is 10.7 Å². The highest BCUT2D eigenvalue weighted by atomic mass is 32.2. The van der Waals surface area contributed by atoms with Gasteiger partial charge in [-0.1, -0.05) is 11.2 Å².